The van der Waals surface area contributed by atoms with Gasteiger partial charge in [0.05, 0.1) is 5.56 Å². The fraction of sp³-hybridized carbons (Fsp3) is 0.647. The molecule has 0 aromatic carbocycles. The molecule has 1 fully saturated rings. The molecule has 20 heavy (non-hydrogen) atoms. The maximum Gasteiger partial charge on any atom is 0.146 e. The van der Waals surface area contributed by atoms with Crippen molar-refractivity contribution >= 4 is 5.82 Å². The Labute approximate surface area is 121 Å². The number of anilines is 1. The SMILES string of the molecule is CC(C)(C)C1CCN(c2nc3c(cc2C#N)CCC3)C1. The van der Waals surface area contributed by atoms with Gasteiger partial charge in [-0.05, 0) is 48.6 Å². The van der Waals surface area contributed by atoms with Crippen molar-refractivity contribution in [3.63, 3.8) is 0 Å². The second-order valence-corrected chi connectivity index (χ2v) is 7.23. The first kappa shape index (κ1) is 13.4. The normalized spacial score (nSPS) is 21.9. The quantitative estimate of drug-likeness (QED) is 0.785. The Morgan fingerprint density at radius 2 is 2.15 bits per heavy atom. The third-order valence-electron chi connectivity index (χ3n) is 4.86. The lowest BCUT2D eigenvalue weighted by atomic mass is 9.80. The van der Waals surface area contributed by atoms with Gasteiger partial charge < -0.3 is 4.90 Å². The highest BCUT2D eigenvalue weighted by Crippen LogP contribution is 2.36. The second kappa shape index (κ2) is 4.77. The smallest absolute Gasteiger partial charge is 0.146 e. The number of nitriles is 1. The number of aromatic nitrogens is 1. The van der Waals surface area contributed by atoms with Crippen molar-refractivity contribution < 1.29 is 0 Å². The van der Waals surface area contributed by atoms with Gasteiger partial charge in [0.15, 0.2) is 0 Å². The van der Waals surface area contributed by atoms with Crippen molar-refractivity contribution in [3.05, 3.63) is 22.9 Å². The van der Waals surface area contributed by atoms with Crippen molar-refractivity contribution in [2.45, 2.75) is 46.5 Å². The maximum absolute atomic E-state index is 9.42. The molecule has 1 saturated heterocycles. The van der Waals surface area contributed by atoms with Crippen LogP contribution in [0.4, 0.5) is 5.82 Å². The molecule has 3 nitrogen and oxygen atoms in total. The largest absolute Gasteiger partial charge is 0.355 e. The second-order valence-electron chi connectivity index (χ2n) is 7.23. The summed E-state index contributed by atoms with van der Waals surface area (Å²) in [7, 11) is 0. The summed E-state index contributed by atoms with van der Waals surface area (Å²) in [6.07, 6.45) is 4.54. The Bertz CT molecular complexity index is 563. The van der Waals surface area contributed by atoms with Crippen LogP contribution in [-0.2, 0) is 12.8 Å². The molecule has 1 aromatic heterocycles. The zero-order valence-corrected chi connectivity index (χ0v) is 12.7. The Kier molecular flexibility index (Phi) is 3.20. The van der Waals surface area contributed by atoms with E-state index in [9.17, 15) is 5.26 Å². The van der Waals surface area contributed by atoms with Crippen LogP contribution >= 0.6 is 0 Å². The summed E-state index contributed by atoms with van der Waals surface area (Å²) in [5, 5.41) is 9.42. The van der Waals surface area contributed by atoms with Crippen molar-refractivity contribution in [1.82, 2.24) is 4.98 Å². The number of hydrogen-bond acceptors (Lipinski definition) is 3. The lowest BCUT2D eigenvalue weighted by Gasteiger charge is -2.27. The molecule has 3 heteroatoms. The molecule has 1 atom stereocenters. The first-order valence-electron chi connectivity index (χ1n) is 7.67. The van der Waals surface area contributed by atoms with Gasteiger partial charge in [-0.25, -0.2) is 4.98 Å². The summed E-state index contributed by atoms with van der Waals surface area (Å²) in [5.74, 6) is 1.61. The van der Waals surface area contributed by atoms with E-state index in [4.69, 9.17) is 4.98 Å². The topological polar surface area (TPSA) is 39.9 Å². The van der Waals surface area contributed by atoms with Crippen LogP contribution < -0.4 is 4.90 Å². The molecule has 1 unspecified atom stereocenters. The molecule has 0 saturated carbocycles. The number of fused-ring (bicyclic) bond motifs is 1. The van der Waals surface area contributed by atoms with E-state index in [2.05, 4.69) is 37.8 Å². The molecular weight excluding hydrogens is 246 g/mol. The van der Waals surface area contributed by atoms with E-state index in [1.165, 1.54) is 24.1 Å². The zero-order chi connectivity index (χ0) is 14.3. The standard InChI is InChI=1S/C17H23N3/c1-17(2,3)14-7-8-20(11-14)16-13(10-18)9-12-5-4-6-15(12)19-16/h9,14H,4-8,11H2,1-3H3. The fourth-order valence-electron chi connectivity index (χ4n) is 3.44. The Morgan fingerprint density at radius 1 is 1.35 bits per heavy atom. The average molecular weight is 269 g/mol. The summed E-state index contributed by atoms with van der Waals surface area (Å²) >= 11 is 0. The summed E-state index contributed by atoms with van der Waals surface area (Å²) < 4.78 is 0. The summed E-state index contributed by atoms with van der Waals surface area (Å²) in [4.78, 5) is 7.15. The fourth-order valence-corrected chi connectivity index (χ4v) is 3.44. The predicted molar refractivity (Wildman–Crippen MR) is 80.8 cm³/mol. The highest BCUT2D eigenvalue weighted by atomic mass is 15.2. The van der Waals surface area contributed by atoms with Crippen LogP contribution in [0.15, 0.2) is 6.07 Å². The summed E-state index contributed by atoms with van der Waals surface area (Å²) in [5.41, 5.74) is 3.61. The lowest BCUT2D eigenvalue weighted by molar-refractivity contribution is 0.263. The average Bonchev–Trinajstić information content (AvgIpc) is 3.04. The monoisotopic (exact) mass is 269 g/mol. The number of nitrogens with zero attached hydrogens (tertiary/aromatic N) is 3. The number of hydrogen-bond donors (Lipinski definition) is 0. The predicted octanol–water partition coefficient (Wildman–Crippen LogP) is 3.31. The van der Waals surface area contributed by atoms with Gasteiger partial charge in [-0.1, -0.05) is 20.8 Å². The van der Waals surface area contributed by atoms with Crippen molar-refractivity contribution in [1.29, 1.82) is 5.26 Å². The molecule has 0 bridgehead atoms. The Morgan fingerprint density at radius 3 is 2.80 bits per heavy atom. The van der Waals surface area contributed by atoms with E-state index >= 15 is 0 Å². The van der Waals surface area contributed by atoms with E-state index in [0.29, 0.717) is 11.3 Å². The minimum absolute atomic E-state index is 0.332. The number of rotatable bonds is 1. The molecule has 0 spiro atoms. The van der Waals surface area contributed by atoms with Crippen molar-refractivity contribution in [2.75, 3.05) is 18.0 Å². The highest BCUT2D eigenvalue weighted by Gasteiger charge is 2.33. The van der Waals surface area contributed by atoms with Gasteiger partial charge in [0, 0.05) is 18.8 Å². The van der Waals surface area contributed by atoms with E-state index in [1.807, 2.05) is 0 Å². The van der Waals surface area contributed by atoms with Gasteiger partial charge in [0.25, 0.3) is 0 Å². The molecule has 1 aliphatic heterocycles. The van der Waals surface area contributed by atoms with Crippen molar-refractivity contribution in [2.24, 2.45) is 11.3 Å². The molecule has 0 N–H and O–H groups in total. The van der Waals surface area contributed by atoms with Gasteiger partial charge >= 0.3 is 0 Å². The first-order valence-corrected chi connectivity index (χ1v) is 7.67. The summed E-state index contributed by atoms with van der Waals surface area (Å²) in [6, 6.07) is 4.43. The van der Waals surface area contributed by atoms with E-state index in [1.54, 1.807) is 0 Å². The third-order valence-corrected chi connectivity index (χ3v) is 4.86. The van der Waals surface area contributed by atoms with Crippen LogP contribution in [0.3, 0.4) is 0 Å². The minimum atomic E-state index is 0.332. The zero-order valence-electron chi connectivity index (χ0n) is 12.7. The van der Waals surface area contributed by atoms with Crippen LogP contribution in [0.1, 0.15) is 50.4 Å². The Balaban J connectivity index is 1.90. The van der Waals surface area contributed by atoms with Crippen LogP contribution in [0, 0.1) is 22.7 Å². The Hall–Kier alpha value is -1.56. The number of aryl methyl sites for hydroxylation is 2. The van der Waals surface area contributed by atoms with Gasteiger partial charge in [-0.2, -0.15) is 5.26 Å². The highest BCUT2D eigenvalue weighted by molar-refractivity contribution is 5.57. The lowest BCUT2D eigenvalue weighted by Crippen LogP contribution is -2.27. The van der Waals surface area contributed by atoms with Gasteiger partial charge in [-0.15, -0.1) is 0 Å². The van der Waals surface area contributed by atoms with Crippen molar-refractivity contribution in [3.8, 4) is 6.07 Å². The molecule has 2 heterocycles. The molecule has 1 aliphatic carbocycles. The van der Waals surface area contributed by atoms with Crippen LogP contribution in [0.5, 0.6) is 0 Å². The van der Waals surface area contributed by atoms with Gasteiger partial charge in [0.2, 0.25) is 0 Å². The molecule has 2 aliphatic rings. The molecule has 1 aromatic rings. The molecule has 3 rings (SSSR count). The van der Waals surface area contributed by atoms with Crippen LogP contribution in [0.2, 0.25) is 0 Å². The van der Waals surface area contributed by atoms with E-state index in [0.717, 1.165) is 37.3 Å². The molecular formula is C17H23N3. The third kappa shape index (κ3) is 2.28. The van der Waals surface area contributed by atoms with Crippen LogP contribution in [-0.4, -0.2) is 18.1 Å². The van der Waals surface area contributed by atoms with E-state index < -0.39 is 0 Å². The molecule has 106 valence electrons. The molecule has 0 radical (unpaired) electrons. The maximum atomic E-state index is 9.42. The molecule has 0 amide bonds. The van der Waals surface area contributed by atoms with Gasteiger partial charge in [0.1, 0.15) is 11.9 Å². The minimum Gasteiger partial charge on any atom is -0.355 e. The van der Waals surface area contributed by atoms with Gasteiger partial charge in [-0.3, -0.25) is 0 Å². The summed E-state index contributed by atoms with van der Waals surface area (Å²) in [6.45, 7) is 8.99. The van der Waals surface area contributed by atoms with E-state index in [-0.39, 0.29) is 0 Å². The number of pyridine rings is 1. The van der Waals surface area contributed by atoms with Crippen LogP contribution in [0.25, 0.3) is 0 Å². The first-order chi connectivity index (χ1) is 9.49.